The zero-order valence-corrected chi connectivity index (χ0v) is 23.0. The van der Waals surface area contributed by atoms with E-state index in [0.29, 0.717) is 10.7 Å². The molecule has 0 heterocycles. The van der Waals surface area contributed by atoms with Crippen molar-refractivity contribution in [3.63, 3.8) is 0 Å². The molecule has 0 aliphatic carbocycles. The number of amides is 2. The van der Waals surface area contributed by atoms with Gasteiger partial charge in [-0.05, 0) is 92.2 Å². The summed E-state index contributed by atoms with van der Waals surface area (Å²) in [7, 11) is -3.75. The van der Waals surface area contributed by atoms with Crippen LogP contribution in [-0.2, 0) is 26.2 Å². The van der Waals surface area contributed by atoms with Crippen LogP contribution in [0.15, 0.2) is 48.5 Å². The van der Waals surface area contributed by atoms with E-state index in [1.165, 1.54) is 4.90 Å². The van der Waals surface area contributed by atoms with Gasteiger partial charge >= 0.3 is 0 Å². The largest absolute Gasteiger partial charge is 0.350 e. The molecule has 0 spiro atoms. The van der Waals surface area contributed by atoms with Gasteiger partial charge in [-0.1, -0.05) is 23.7 Å². The van der Waals surface area contributed by atoms with E-state index in [4.69, 9.17) is 11.6 Å². The van der Waals surface area contributed by atoms with Gasteiger partial charge in [-0.3, -0.25) is 13.9 Å². The number of rotatable bonds is 8. The molecule has 1 unspecified atom stereocenters. The molecule has 1 atom stereocenters. The summed E-state index contributed by atoms with van der Waals surface area (Å²) in [4.78, 5) is 27.7. The molecule has 7 nitrogen and oxygen atoms in total. The van der Waals surface area contributed by atoms with E-state index in [9.17, 15) is 18.0 Å². The minimum atomic E-state index is -3.75. The van der Waals surface area contributed by atoms with E-state index in [2.05, 4.69) is 27.9 Å². The predicted molar refractivity (Wildman–Crippen MR) is 141 cm³/mol. The first-order valence-corrected chi connectivity index (χ1v) is 13.6. The molecule has 180 valence electrons. The fraction of sp³-hybridized carbons (Fsp3) is 0.391. The second-order valence-electron chi connectivity index (χ2n) is 8.81. The van der Waals surface area contributed by atoms with Crippen LogP contribution in [0.2, 0.25) is 5.02 Å². The summed E-state index contributed by atoms with van der Waals surface area (Å²) in [6.07, 6.45) is 1.05. The molecule has 2 rings (SSSR count). The highest BCUT2D eigenvalue weighted by atomic mass is 127. The van der Waals surface area contributed by atoms with Crippen molar-refractivity contribution in [1.82, 2.24) is 10.2 Å². The van der Waals surface area contributed by atoms with Crippen LogP contribution in [0.1, 0.15) is 33.3 Å². The Balaban J connectivity index is 2.38. The Morgan fingerprint density at radius 3 is 2.09 bits per heavy atom. The number of hydrogen-bond acceptors (Lipinski definition) is 4. The molecule has 2 aromatic carbocycles. The fourth-order valence-corrected chi connectivity index (χ4v) is 4.40. The van der Waals surface area contributed by atoms with E-state index in [0.717, 1.165) is 19.7 Å². The number of benzene rings is 2. The molecule has 0 aliphatic rings. The molecule has 0 aliphatic heterocycles. The third-order valence-electron chi connectivity index (χ3n) is 4.73. The molecular weight excluding hydrogens is 577 g/mol. The molecule has 1 N–H and O–H groups in total. The van der Waals surface area contributed by atoms with Crippen LogP contribution in [0, 0.1) is 3.57 Å². The van der Waals surface area contributed by atoms with E-state index < -0.39 is 34.1 Å². The van der Waals surface area contributed by atoms with Gasteiger partial charge in [0.2, 0.25) is 21.8 Å². The van der Waals surface area contributed by atoms with Crippen molar-refractivity contribution in [2.24, 2.45) is 0 Å². The molecule has 0 saturated heterocycles. The van der Waals surface area contributed by atoms with Gasteiger partial charge in [-0.15, -0.1) is 0 Å². The highest BCUT2D eigenvalue weighted by Crippen LogP contribution is 2.21. The summed E-state index contributed by atoms with van der Waals surface area (Å²) in [5.41, 5.74) is 0.660. The summed E-state index contributed by atoms with van der Waals surface area (Å²) < 4.78 is 27.0. The molecule has 0 aromatic heterocycles. The number of nitrogens with one attached hydrogen (secondary N) is 1. The average molecular weight is 606 g/mol. The van der Waals surface area contributed by atoms with E-state index in [-0.39, 0.29) is 12.5 Å². The maximum atomic E-state index is 13.4. The molecule has 0 radical (unpaired) electrons. The lowest BCUT2D eigenvalue weighted by Gasteiger charge is -2.33. The summed E-state index contributed by atoms with van der Waals surface area (Å²) in [5, 5.41) is 3.44. The zero-order chi connectivity index (χ0) is 25.0. The molecule has 33 heavy (non-hydrogen) atoms. The van der Waals surface area contributed by atoms with Gasteiger partial charge in [0.1, 0.15) is 12.6 Å². The van der Waals surface area contributed by atoms with Crippen molar-refractivity contribution < 1.29 is 18.0 Å². The summed E-state index contributed by atoms with van der Waals surface area (Å²) in [6, 6.07) is 12.9. The Kier molecular flexibility index (Phi) is 9.17. The number of hydrogen-bond donors (Lipinski definition) is 1. The molecule has 0 fully saturated rings. The maximum absolute atomic E-state index is 13.4. The summed E-state index contributed by atoms with van der Waals surface area (Å²) in [5.74, 6) is -0.824. The van der Waals surface area contributed by atoms with Crippen LogP contribution in [0.25, 0.3) is 0 Å². The second-order valence-corrected chi connectivity index (χ2v) is 12.4. The topological polar surface area (TPSA) is 86.8 Å². The number of carbonyl (C=O) groups is 2. The first-order chi connectivity index (χ1) is 15.2. The number of anilines is 1. The minimum Gasteiger partial charge on any atom is -0.350 e. The van der Waals surface area contributed by atoms with Crippen molar-refractivity contribution in [3.8, 4) is 0 Å². The van der Waals surface area contributed by atoms with Gasteiger partial charge in [0, 0.05) is 20.7 Å². The van der Waals surface area contributed by atoms with Crippen LogP contribution < -0.4 is 9.62 Å². The van der Waals surface area contributed by atoms with Gasteiger partial charge in [0.05, 0.1) is 11.9 Å². The zero-order valence-electron chi connectivity index (χ0n) is 19.3. The predicted octanol–water partition coefficient (Wildman–Crippen LogP) is 4.04. The maximum Gasteiger partial charge on any atom is 0.244 e. The van der Waals surface area contributed by atoms with Gasteiger partial charge in [0.15, 0.2) is 0 Å². The smallest absolute Gasteiger partial charge is 0.244 e. The fourth-order valence-electron chi connectivity index (χ4n) is 3.06. The summed E-state index contributed by atoms with van der Waals surface area (Å²) in [6.45, 7) is 6.88. The molecule has 2 amide bonds. The van der Waals surface area contributed by atoms with Gasteiger partial charge in [-0.2, -0.15) is 0 Å². The van der Waals surface area contributed by atoms with Crippen molar-refractivity contribution >= 4 is 61.7 Å². The van der Waals surface area contributed by atoms with Gasteiger partial charge < -0.3 is 10.2 Å². The first-order valence-electron chi connectivity index (χ1n) is 10.3. The molecule has 0 bridgehead atoms. The Hall–Kier alpha value is -1.85. The van der Waals surface area contributed by atoms with Crippen LogP contribution in [0.3, 0.4) is 0 Å². The van der Waals surface area contributed by atoms with Crippen molar-refractivity contribution in [2.45, 2.75) is 45.8 Å². The van der Waals surface area contributed by atoms with Crippen LogP contribution in [0.5, 0.6) is 0 Å². The second kappa shape index (κ2) is 11.1. The lowest BCUT2D eigenvalue weighted by molar-refractivity contribution is -0.140. The minimum absolute atomic E-state index is 0.124. The number of sulfonamides is 1. The standard InChI is InChI=1S/C23H29ClIN3O4S/c1-16(22(30)26-23(2,3)4)27(14-17-6-8-18(24)9-7-17)21(29)15-28(33(5,31)32)20-12-10-19(25)11-13-20/h6-13,16H,14-15H2,1-5H3,(H,26,30). The highest BCUT2D eigenvalue weighted by Gasteiger charge is 2.31. The van der Waals surface area contributed by atoms with Crippen LogP contribution >= 0.6 is 34.2 Å². The van der Waals surface area contributed by atoms with E-state index in [1.807, 2.05) is 20.8 Å². The monoisotopic (exact) mass is 605 g/mol. The SMILES string of the molecule is CC(C(=O)NC(C)(C)C)N(Cc1ccc(Cl)cc1)C(=O)CN(c1ccc(I)cc1)S(C)(=O)=O. The van der Waals surface area contributed by atoms with Gasteiger partial charge in [0.25, 0.3) is 0 Å². The normalized spacial score (nSPS) is 12.7. The van der Waals surface area contributed by atoms with Gasteiger partial charge in [-0.25, -0.2) is 8.42 Å². The molecule has 0 saturated carbocycles. The summed E-state index contributed by atoms with van der Waals surface area (Å²) >= 11 is 8.10. The number of carbonyl (C=O) groups excluding carboxylic acids is 2. The molecule has 2 aromatic rings. The Morgan fingerprint density at radius 1 is 1.06 bits per heavy atom. The quantitative estimate of drug-likeness (QED) is 0.460. The average Bonchev–Trinajstić information content (AvgIpc) is 2.69. The third-order valence-corrected chi connectivity index (χ3v) is 6.84. The van der Waals surface area contributed by atoms with E-state index >= 15 is 0 Å². The molecule has 10 heteroatoms. The van der Waals surface area contributed by atoms with E-state index in [1.54, 1.807) is 55.5 Å². The van der Waals surface area contributed by atoms with Crippen molar-refractivity contribution in [2.75, 3.05) is 17.1 Å². The number of halogens is 2. The highest BCUT2D eigenvalue weighted by molar-refractivity contribution is 14.1. The Bertz CT molecular complexity index is 1080. The van der Waals surface area contributed by atoms with Crippen LogP contribution in [-0.4, -0.2) is 49.5 Å². The number of nitrogens with zero attached hydrogens (tertiary/aromatic N) is 2. The van der Waals surface area contributed by atoms with Crippen molar-refractivity contribution in [1.29, 1.82) is 0 Å². The lowest BCUT2D eigenvalue weighted by Crippen LogP contribution is -2.54. The Labute approximate surface area is 214 Å². The lowest BCUT2D eigenvalue weighted by atomic mass is 10.1. The Morgan fingerprint density at radius 2 is 1.61 bits per heavy atom. The van der Waals surface area contributed by atoms with Crippen LogP contribution in [0.4, 0.5) is 5.69 Å². The molecular formula is C23H29ClIN3O4S. The third kappa shape index (κ3) is 8.46. The first kappa shape index (κ1) is 27.4. The van der Waals surface area contributed by atoms with Crippen molar-refractivity contribution in [3.05, 3.63) is 62.7 Å².